The average Bonchev–Trinajstić information content (AvgIpc) is 2.78. The maximum atomic E-state index is 13.1. The zero-order valence-corrected chi connectivity index (χ0v) is 17.2. The second-order valence-electron chi connectivity index (χ2n) is 8.25. The predicted octanol–water partition coefficient (Wildman–Crippen LogP) is 5.53. The predicted molar refractivity (Wildman–Crippen MR) is 113 cm³/mol. The third-order valence-electron chi connectivity index (χ3n) is 6.17. The maximum Gasteiger partial charge on any atom is 0.163 e. The highest BCUT2D eigenvalue weighted by molar-refractivity contribution is 6.05. The van der Waals surface area contributed by atoms with Gasteiger partial charge in [0.15, 0.2) is 11.6 Å². The zero-order valence-electron chi connectivity index (χ0n) is 17.2. The van der Waals surface area contributed by atoms with Crippen LogP contribution in [0.15, 0.2) is 71.2 Å². The third-order valence-corrected chi connectivity index (χ3v) is 6.17. The molecule has 1 aliphatic heterocycles. The summed E-state index contributed by atoms with van der Waals surface area (Å²) in [4.78, 5) is 25.6. The molecule has 0 bridgehead atoms. The molecule has 2 aromatic carbocycles. The lowest BCUT2D eigenvalue weighted by Gasteiger charge is -2.36. The number of allylic oxidation sites excluding steroid dienone is 4. The van der Waals surface area contributed by atoms with Crippen LogP contribution in [0.3, 0.4) is 0 Å². The summed E-state index contributed by atoms with van der Waals surface area (Å²) in [5, 5.41) is 0. The van der Waals surface area contributed by atoms with E-state index in [4.69, 9.17) is 9.47 Å². The van der Waals surface area contributed by atoms with Crippen molar-refractivity contribution in [2.24, 2.45) is 0 Å². The highest BCUT2D eigenvalue weighted by atomic mass is 19.1. The van der Waals surface area contributed by atoms with Gasteiger partial charge in [-0.1, -0.05) is 24.3 Å². The minimum Gasteiger partial charge on any atom is -0.489 e. The number of halogens is 1. The van der Waals surface area contributed by atoms with E-state index < -0.39 is 0 Å². The molecule has 0 radical (unpaired) electrons. The SMILES string of the molecule is O=C1CCCC2=C1C(c1ccc(OCc3ccc(F)cc3)cc1)C1=C(CCCC1=O)O2. The average molecular weight is 418 g/mol. The first-order valence-corrected chi connectivity index (χ1v) is 10.8. The monoisotopic (exact) mass is 418 g/mol. The number of ketones is 2. The maximum absolute atomic E-state index is 13.1. The normalized spacial score (nSPS) is 19.1. The molecule has 5 heteroatoms. The highest BCUT2D eigenvalue weighted by Gasteiger charge is 2.41. The van der Waals surface area contributed by atoms with E-state index in [1.807, 2.05) is 24.3 Å². The van der Waals surface area contributed by atoms with Crippen LogP contribution in [0.2, 0.25) is 0 Å². The molecule has 0 fully saturated rings. The van der Waals surface area contributed by atoms with E-state index in [2.05, 4.69) is 0 Å². The summed E-state index contributed by atoms with van der Waals surface area (Å²) in [6.45, 7) is 0.332. The van der Waals surface area contributed by atoms with E-state index >= 15 is 0 Å². The van der Waals surface area contributed by atoms with Gasteiger partial charge in [0.2, 0.25) is 0 Å². The van der Waals surface area contributed by atoms with Gasteiger partial charge in [-0.2, -0.15) is 0 Å². The minimum absolute atomic E-state index is 0.0767. The Morgan fingerprint density at radius 1 is 0.806 bits per heavy atom. The summed E-state index contributed by atoms with van der Waals surface area (Å²) < 4.78 is 25.0. The Balaban J connectivity index is 1.43. The number of hydrogen-bond donors (Lipinski definition) is 0. The second kappa shape index (κ2) is 8.14. The standard InChI is InChI=1S/C26H23FO4/c27-18-11-7-16(8-12-18)15-30-19-13-9-17(10-14-19)24-25-20(28)3-1-5-22(25)31-23-6-2-4-21(29)26(23)24/h7-14,24H,1-6,15H2. The lowest BCUT2D eigenvalue weighted by atomic mass is 9.73. The van der Waals surface area contributed by atoms with Crippen LogP contribution < -0.4 is 4.74 Å². The fraction of sp³-hybridized carbons (Fsp3) is 0.308. The lowest BCUT2D eigenvalue weighted by molar-refractivity contribution is -0.117. The van der Waals surface area contributed by atoms with Gasteiger partial charge in [-0.15, -0.1) is 0 Å². The van der Waals surface area contributed by atoms with E-state index in [1.54, 1.807) is 12.1 Å². The molecule has 0 unspecified atom stereocenters. The van der Waals surface area contributed by atoms with Crippen molar-refractivity contribution >= 4 is 11.6 Å². The Morgan fingerprint density at radius 2 is 1.39 bits per heavy atom. The van der Waals surface area contributed by atoms with Crippen LogP contribution in [-0.2, 0) is 20.9 Å². The topological polar surface area (TPSA) is 52.6 Å². The summed E-state index contributed by atoms with van der Waals surface area (Å²) >= 11 is 0. The molecule has 0 spiro atoms. The van der Waals surface area contributed by atoms with Gasteiger partial charge in [0.25, 0.3) is 0 Å². The Bertz CT molecular complexity index is 1050. The summed E-state index contributed by atoms with van der Waals surface area (Å²) in [5.74, 6) is 1.68. The number of carbonyl (C=O) groups is 2. The fourth-order valence-corrected chi connectivity index (χ4v) is 4.65. The molecule has 3 aliphatic rings. The van der Waals surface area contributed by atoms with Crippen LogP contribution in [0.1, 0.15) is 55.6 Å². The van der Waals surface area contributed by atoms with Crippen LogP contribution in [0.25, 0.3) is 0 Å². The molecule has 5 rings (SSSR count). The van der Waals surface area contributed by atoms with E-state index in [0.717, 1.165) is 48.3 Å². The van der Waals surface area contributed by atoms with Gasteiger partial charge in [0.1, 0.15) is 29.7 Å². The molecular weight excluding hydrogens is 395 g/mol. The van der Waals surface area contributed by atoms with E-state index in [0.29, 0.717) is 36.3 Å². The van der Waals surface area contributed by atoms with Crippen LogP contribution in [0.5, 0.6) is 5.75 Å². The van der Waals surface area contributed by atoms with Gasteiger partial charge < -0.3 is 9.47 Å². The van der Waals surface area contributed by atoms with Gasteiger partial charge in [-0.05, 0) is 48.2 Å². The Kier molecular flexibility index (Phi) is 5.18. The molecule has 2 aromatic rings. The van der Waals surface area contributed by atoms with Crippen molar-refractivity contribution in [2.45, 2.75) is 51.0 Å². The van der Waals surface area contributed by atoms with E-state index in [9.17, 15) is 14.0 Å². The zero-order chi connectivity index (χ0) is 21.4. The molecule has 0 saturated heterocycles. The molecule has 158 valence electrons. The second-order valence-corrected chi connectivity index (χ2v) is 8.25. The first kappa shape index (κ1) is 19.7. The Morgan fingerprint density at radius 3 is 1.97 bits per heavy atom. The molecule has 0 saturated carbocycles. The minimum atomic E-state index is -0.356. The first-order valence-electron chi connectivity index (χ1n) is 10.8. The van der Waals surface area contributed by atoms with Gasteiger partial charge in [0.05, 0.1) is 0 Å². The summed E-state index contributed by atoms with van der Waals surface area (Å²) in [5.41, 5.74) is 3.09. The molecule has 0 amide bonds. The van der Waals surface area contributed by atoms with Crippen molar-refractivity contribution in [3.05, 3.63) is 88.1 Å². The Labute approximate surface area is 180 Å². The van der Waals surface area contributed by atoms with Crippen LogP contribution in [0.4, 0.5) is 4.39 Å². The van der Waals surface area contributed by atoms with Crippen LogP contribution >= 0.6 is 0 Å². The summed E-state index contributed by atoms with van der Waals surface area (Å²) in [6, 6.07) is 13.8. The first-order chi connectivity index (χ1) is 15.1. The van der Waals surface area contributed by atoms with Crippen molar-refractivity contribution in [1.82, 2.24) is 0 Å². The quantitative estimate of drug-likeness (QED) is 0.655. The molecule has 31 heavy (non-hydrogen) atoms. The number of rotatable bonds is 4. The number of benzene rings is 2. The molecular formula is C26H23FO4. The van der Waals surface area contributed by atoms with Gasteiger partial charge >= 0.3 is 0 Å². The molecule has 4 nitrogen and oxygen atoms in total. The highest BCUT2D eigenvalue weighted by Crippen LogP contribution is 2.47. The third kappa shape index (κ3) is 3.80. The summed E-state index contributed by atoms with van der Waals surface area (Å²) in [6.07, 6.45) is 4.04. The van der Waals surface area contributed by atoms with E-state index in [-0.39, 0.29) is 23.3 Å². The molecule has 0 N–H and O–H groups in total. The van der Waals surface area contributed by atoms with Crippen LogP contribution in [0, 0.1) is 5.82 Å². The van der Waals surface area contributed by atoms with Gasteiger partial charge in [0, 0.05) is 42.7 Å². The fourth-order valence-electron chi connectivity index (χ4n) is 4.65. The van der Waals surface area contributed by atoms with Gasteiger partial charge in [-0.25, -0.2) is 4.39 Å². The smallest absolute Gasteiger partial charge is 0.163 e. The number of ether oxygens (including phenoxy) is 2. The largest absolute Gasteiger partial charge is 0.489 e. The molecule has 1 heterocycles. The van der Waals surface area contributed by atoms with E-state index in [1.165, 1.54) is 12.1 Å². The lowest BCUT2D eigenvalue weighted by Crippen LogP contribution is -2.30. The molecule has 0 aromatic heterocycles. The Hall–Kier alpha value is -3.21. The van der Waals surface area contributed by atoms with Crippen molar-refractivity contribution in [3.63, 3.8) is 0 Å². The van der Waals surface area contributed by atoms with Crippen molar-refractivity contribution in [2.75, 3.05) is 0 Å². The molecule has 0 atom stereocenters. The van der Waals surface area contributed by atoms with Crippen molar-refractivity contribution in [3.8, 4) is 5.75 Å². The summed E-state index contributed by atoms with van der Waals surface area (Å²) in [7, 11) is 0. The van der Waals surface area contributed by atoms with Gasteiger partial charge in [-0.3, -0.25) is 9.59 Å². The molecule has 2 aliphatic carbocycles. The van der Waals surface area contributed by atoms with Crippen LogP contribution in [-0.4, -0.2) is 11.6 Å². The van der Waals surface area contributed by atoms with Crippen molar-refractivity contribution in [1.29, 1.82) is 0 Å². The number of hydrogen-bond acceptors (Lipinski definition) is 4. The van der Waals surface area contributed by atoms with Crippen molar-refractivity contribution < 1.29 is 23.5 Å². The number of carbonyl (C=O) groups excluding carboxylic acids is 2. The number of Topliss-reactive ketones (excluding diaryl/α,β-unsaturated/α-hetero) is 2.